The van der Waals surface area contributed by atoms with E-state index in [1.165, 1.54) is 0 Å². The monoisotopic (exact) mass is 462 g/mol. The Bertz CT molecular complexity index is 713. The Balaban J connectivity index is 0.00000312. The molecule has 2 N–H and O–H groups in total. The molecule has 136 valence electrons. The smallest absolute Gasteiger partial charge is 0.218 e. The number of methoxy groups -OCH3 is 1. The fourth-order valence-corrected chi connectivity index (χ4v) is 2.09. The number of hydrogen-bond acceptors (Lipinski definition) is 3. The van der Waals surface area contributed by atoms with E-state index in [1.54, 1.807) is 13.3 Å². The second kappa shape index (κ2) is 10.8. The molecule has 5 nitrogen and oxygen atoms in total. The van der Waals surface area contributed by atoms with E-state index >= 15 is 0 Å². The molecule has 0 saturated heterocycles. The number of halogens is 3. The first kappa shape index (κ1) is 21.1. The Kier molecular flexibility index (Phi) is 9.11. The van der Waals surface area contributed by atoms with Gasteiger partial charge in [-0.25, -0.2) is 18.8 Å². The molecule has 0 aliphatic rings. The van der Waals surface area contributed by atoms with Crippen LogP contribution in [0.5, 0.6) is 5.88 Å². The summed E-state index contributed by atoms with van der Waals surface area (Å²) in [6, 6.07) is 7.02. The highest BCUT2D eigenvalue weighted by molar-refractivity contribution is 14.0. The summed E-state index contributed by atoms with van der Waals surface area (Å²) in [5, 5.41) is 6.17. The summed E-state index contributed by atoms with van der Waals surface area (Å²) < 4.78 is 32.1. The number of benzene rings is 1. The van der Waals surface area contributed by atoms with Gasteiger partial charge in [0.25, 0.3) is 0 Å². The molecule has 25 heavy (non-hydrogen) atoms. The van der Waals surface area contributed by atoms with Crippen molar-refractivity contribution in [3.63, 3.8) is 0 Å². The van der Waals surface area contributed by atoms with Crippen LogP contribution >= 0.6 is 24.0 Å². The number of aromatic nitrogens is 1. The molecule has 2 rings (SSSR count). The van der Waals surface area contributed by atoms with Gasteiger partial charge in [-0.3, -0.25) is 0 Å². The van der Waals surface area contributed by atoms with Gasteiger partial charge in [-0.2, -0.15) is 0 Å². The van der Waals surface area contributed by atoms with Gasteiger partial charge in [0.1, 0.15) is 11.6 Å². The highest BCUT2D eigenvalue weighted by atomic mass is 127. The largest absolute Gasteiger partial charge is 0.481 e. The average molecular weight is 462 g/mol. The van der Waals surface area contributed by atoms with Crippen molar-refractivity contribution >= 4 is 29.9 Å². The van der Waals surface area contributed by atoms with Crippen LogP contribution in [0.3, 0.4) is 0 Å². The molecule has 0 saturated carbocycles. The van der Waals surface area contributed by atoms with Gasteiger partial charge in [0, 0.05) is 30.4 Å². The highest BCUT2D eigenvalue weighted by Crippen LogP contribution is 2.13. The third-order valence-corrected chi connectivity index (χ3v) is 3.25. The summed E-state index contributed by atoms with van der Waals surface area (Å²) in [6.07, 6.45) is 1.65. The van der Waals surface area contributed by atoms with Crippen LogP contribution in [0.25, 0.3) is 0 Å². The van der Waals surface area contributed by atoms with E-state index < -0.39 is 11.6 Å². The lowest BCUT2D eigenvalue weighted by Crippen LogP contribution is -2.36. The minimum Gasteiger partial charge on any atom is -0.481 e. The Morgan fingerprint density at radius 1 is 1.20 bits per heavy atom. The quantitative estimate of drug-likeness (QED) is 0.393. The van der Waals surface area contributed by atoms with E-state index in [2.05, 4.69) is 20.6 Å². The van der Waals surface area contributed by atoms with Gasteiger partial charge < -0.3 is 15.4 Å². The molecular weight excluding hydrogens is 441 g/mol. The molecule has 1 heterocycles. The topological polar surface area (TPSA) is 58.5 Å². The molecule has 0 atom stereocenters. The number of nitrogens with one attached hydrogen (secondary N) is 2. The molecular formula is C17H21F2IN4O. The molecule has 0 aliphatic carbocycles. The van der Waals surface area contributed by atoms with Crippen molar-refractivity contribution in [1.82, 2.24) is 15.6 Å². The van der Waals surface area contributed by atoms with E-state index in [9.17, 15) is 8.78 Å². The number of guanidine groups is 1. The van der Waals surface area contributed by atoms with E-state index in [4.69, 9.17) is 4.74 Å². The van der Waals surface area contributed by atoms with Crippen LogP contribution < -0.4 is 15.4 Å². The average Bonchev–Trinajstić information content (AvgIpc) is 2.60. The first-order valence-corrected chi connectivity index (χ1v) is 7.58. The molecule has 2 aromatic rings. The maximum Gasteiger partial charge on any atom is 0.218 e. The highest BCUT2D eigenvalue weighted by Gasteiger charge is 2.06. The summed E-state index contributed by atoms with van der Waals surface area (Å²) in [5.41, 5.74) is 1.06. The van der Waals surface area contributed by atoms with E-state index in [0.29, 0.717) is 24.9 Å². The number of rotatable bonds is 6. The van der Waals surface area contributed by atoms with Gasteiger partial charge in [0.2, 0.25) is 5.88 Å². The Hall–Kier alpha value is -1.97. The van der Waals surface area contributed by atoms with Crippen LogP contribution in [0.2, 0.25) is 0 Å². The SMILES string of the molecule is CCNC(=NCc1cc(F)ccc1F)NCc1cccnc1OC.I. The lowest BCUT2D eigenvalue weighted by molar-refractivity contribution is 0.392. The fraction of sp³-hybridized carbons (Fsp3) is 0.294. The third-order valence-electron chi connectivity index (χ3n) is 3.25. The standard InChI is InChI=1S/C17H20F2N4O.HI/c1-3-20-17(22-10-12-5-4-8-21-16(12)24-2)23-11-13-9-14(18)6-7-15(13)19;/h4-9H,3,10-11H2,1-2H3,(H2,20,22,23);1H. The fourth-order valence-electron chi connectivity index (χ4n) is 2.09. The lowest BCUT2D eigenvalue weighted by Gasteiger charge is -2.13. The van der Waals surface area contributed by atoms with Crippen molar-refractivity contribution in [3.05, 3.63) is 59.3 Å². The van der Waals surface area contributed by atoms with E-state index in [0.717, 1.165) is 23.8 Å². The lowest BCUT2D eigenvalue weighted by atomic mass is 10.2. The zero-order valence-corrected chi connectivity index (χ0v) is 16.4. The van der Waals surface area contributed by atoms with Crippen LogP contribution in [-0.2, 0) is 13.1 Å². The summed E-state index contributed by atoms with van der Waals surface area (Å²) in [4.78, 5) is 8.40. The first-order valence-electron chi connectivity index (χ1n) is 7.58. The molecule has 8 heteroatoms. The van der Waals surface area contributed by atoms with Crippen molar-refractivity contribution < 1.29 is 13.5 Å². The molecule has 0 amide bonds. The van der Waals surface area contributed by atoms with Crippen molar-refractivity contribution in [3.8, 4) is 5.88 Å². The van der Waals surface area contributed by atoms with Gasteiger partial charge in [0.15, 0.2) is 5.96 Å². The van der Waals surface area contributed by atoms with Crippen molar-refractivity contribution in [1.29, 1.82) is 0 Å². The number of aliphatic imine (C=N–C) groups is 1. The molecule has 0 bridgehead atoms. The normalized spacial score (nSPS) is 10.8. The van der Waals surface area contributed by atoms with Crippen LogP contribution in [0.15, 0.2) is 41.5 Å². The summed E-state index contributed by atoms with van der Waals surface area (Å²) in [6.45, 7) is 3.03. The first-order chi connectivity index (χ1) is 11.6. The molecule has 0 fully saturated rings. The number of pyridine rings is 1. The molecule has 0 unspecified atom stereocenters. The summed E-state index contributed by atoms with van der Waals surface area (Å²) in [7, 11) is 1.55. The van der Waals surface area contributed by atoms with Crippen LogP contribution in [0.1, 0.15) is 18.1 Å². The minimum absolute atomic E-state index is 0. The molecule has 0 aliphatic heterocycles. The number of ether oxygens (including phenoxy) is 1. The van der Waals surface area contributed by atoms with Crippen LogP contribution in [0.4, 0.5) is 8.78 Å². The van der Waals surface area contributed by atoms with Gasteiger partial charge in [0.05, 0.1) is 13.7 Å². The Morgan fingerprint density at radius 3 is 2.72 bits per heavy atom. The van der Waals surface area contributed by atoms with Crippen molar-refractivity contribution in [2.24, 2.45) is 4.99 Å². The molecule has 0 spiro atoms. The Morgan fingerprint density at radius 2 is 2.00 bits per heavy atom. The summed E-state index contributed by atoms with van der Waals surface area (Å²) >= 11 is 0. The second-order valence-corrected chi connectivity index (χ2v) is 4.96. The molecule has 1 aromatic heterocycles. The maximum atomic E-state index is 13.7. The summed E-state index contributed by atoms with van der Waals surface area (Å²) in [5.74, 6) is 0.0497. The second-order valence-electron chi connectivity index (χ2n) is 4.96. The van der Waals surface area contributed by atoms with E-state index in [1.807, 2.05) is 19.1 Å². The predicted molar refractivity (Wildman–Crippen MR) is 104 cm³/mol. The third kappa shape index (κ3) is 6.45. The number of hydrogen-bond donors (Lipinski definition) is 2. The van der Waals surface area contributed by atoms with Crippen molar-refractivity contribution in [2.75, 3.05) is 13.7 Å². The van der Waals surface area contributed by atoms with Crippen molar-refractivity contribution in [2.45, 2.75) is 20.0 Å². The zero-order chi connectivity index (χ0) is 17.4. The van der Waals surface area contributed by atoms with Gasteiger partial charge in [-0.15, -0.1) is 24.0 Å². The van der Waals surface area contributed by atoms with Gasteiger partial charge >= 0.3 is 0 Å². The van der Waals surface area contributed by atoms with Gasteiger partial charge in [-0.1, -0.05) is 6.07 Å². The van der Waals surface area contributed by atoms with E-state index in [-0.39, 0.29) is 36.1 Å². The number of nitrogens with zero attached hydrogens (tertiary/aromatic N) is 2. The predicted octanol–water partition coefficient (Wildman–Crippen LogP) is 3.24. The Labute approximate surface area is 162 Å². The van der Waals surface area contributed by atoms with Gasteiger partial charge in [-0.05, 0) is 31.2 Å². The minimum atomic E-state index is -0.486. The van der Waals surface area contributed by atoms with Crippen LogP contribution in [0, 0.1) is 11.6 Å². The molecule has 1 aromatic carbocycles. The maximum absolute atomic E-state index is 13.7. The zero-order valence-electron chi connectivity index (χ0n) is 14.1. The van der Waals surface area contributed by atoms with Crippen LogP contribution in [-0.4, -0.2) is 24.6 Å². The molecule has 0 radical (unpaired) electrons.